The predicted molar refractivity (Wildman–Crippen MR) is 97.5 cm³/mol. The van der Waals surface area contributed by atoms with Crippen LogP contribution in [0.2, 0.25) is 5.02 Å². The van der Waals surface area contributed by atoms with E-state index in [-0.39, 0.29) is 10.8 Å². The molecule has 24 heavy (non-hydrogen) atoms. The van der Waals surface area contributed by atoms with Crippen molar-refractivity contribution >= 4 is 46.0 Å². The molecule has 0 aliphatic heterocycles. The van der Waals surface area contributed by atoms with Crippen LogP contribution in [0, 0.1) is 10.1 Å². The van der Waals surface area contributed by atoms with Gasteiger partial charge in [-0.05, 0) is 30.4 Å². The minimum absolute atomic E-state index is 0.0910. The first-order valence-electron chi connectivity index (χ1n) is 6.68. The molecular weight excluding hydrogens is 354 g/mol. The zero-order valence-electron chi connectivity index (χ0n) is 12.8. The normalized spacial score (nSPS) is 9.96. The number of non-ortho nitro benzene ring substituents is 1. The molecule has 0 unspecified atom stereocenters. The maximum Gasteiger partial charge on any atom is 0.271 e. The third-order valence-electron chi connectivity index (χ3n) is 3.07. The largest absolute Gasteiger partial charge is 0.497 e. The Morgan fingerprint density at radius 1 is 1.12 bits per heavy atom. The minimum Gasteiger partial charge on any atom is -0.497 e. The molecule has 0 atom stereocenters. The number of benzene rings is 2. The first kappa shape index (κ1) is 17.8. The van der Waals surface area contributed by atoms with Gasteiger partial charge in [-0.3, -0.25) is 10.1 Å². The fraction of sp³-hybridized carbons (Fsp3) is 0.133. The van der Waals surface area contributed by atoms with E-state index in [9.17, 15) is 10.1 Å². The number of hydrogen-bond acceptors (Lipinski definition) is 5. The van der Waals surface area contributed by atoms with Gasteiger partial charge in [0.2, 0.25) is 0 Å². The second-order valence-corrected chi connectivity index (χ2v) is 5.38. The zero-order chi connectivity index (χ0) is 17.7. The number of hydrogen-bond donors (Lipinski definition) is 2. The standard InChI is InChI=1S/C15H14ClN3O4S/c1-22-10-4-6-12(14(8-10)23-2)17-15(24)18-13-7-9(19(20)21)3-5-11(13)16/h3-8H,1-2H3,(H2,17,18,24). The van der Waals surface area contributed by atoms with Crippen molar-refractivity contribution in [3.63, 3.8) is 0 Å². The van der Waals surface area contributed by atoms with Crippen molar-refractivity contribution in [2.75, 3.05) is 24.9 Å². The quantitative estimate of drug-likeness (QED) is 0.468. The molecule has 2 aromatic rings. The molecule has 0 saturated heterocycles. The molecule has 7 nitrogen and oxygen atoms in total. The van der Waals surface area contributed by atoms with Gasteiger partial charge in [-0.2, -0.15) is 0 Å². The van der Waals surface area contributed by atoms with Gasteiger partial charge in [0.15, 0.2) is 5.11 Å². The van der Waals surface area contributed by atoms with E-state index < -0.39 is 4.92 Å². The van der Waals surface area contributed by atoms with Crippen LogP contribution in [0.15, 0.2) is 36.4 Å². The monoisotopic (exact) mass is 367 g/mol. The van der Waals surface area contributed by atoms with Crippen LogP contribution in [-0.2, 0) is 0 Å². The Kier molecular flexibility index (Phi) is 5.78. The van der Waals surface area contributed by atoms with Crippen LogP contribution in [0.3, 0.4) is 0 Å². The second kappa shape index (κ2) is 7.80. The highest BCUT2D eigenvalue weighted by Gasteiger charge is 2.12. The molecule has 0 aromatic heterocycles. The molecule has 0 bridgehead atoms. The van der Waals surface area contributed by atoms with Gasteiger partial charge in [0.1, 0.15) is 11.5 Å². The number of methoxy groups -OCH3 is 2. The number of nitrogens with one attached hydrogen (secondary N) is 2. The topological polar surface area (TPSA) is 85.7 Å². The van der Waals surface area contributed by atoms with E-state index in [1.807, 2.05) is 0 Å². The lowest BCUT2D eigenvalue weighted by molar-refractivity contribution is -0.384. The summed E-state index contributed by atoms with van der Waals surface area (Å²) in [4.78, 5) is 10.3. The Labute approximate surface area is 148 Å². The van der Waals surface area contributed by atoms with E-state index >= 15 is 0 Å². The van der Waals surface area contributed by atoms with Gasteiger partial charge < -0.3 is 20.1 Å². The van der Waals surface area contributed by atoms with Crippen molar-refractivity contribution in [1.82, 2.24) is 0 Å². The van der Waals surface area contributed by atoms with Crippen LogP contribution in [0.5, 0.6) is 11.5 Å². The molecule has 0 amide bonds. The number of thiocarbonyl (C=S) groups is 1. The van der Waals surface area contributed by atoms with E-state index in [1.54, 1.807) is 25.3 Å². The maximum atomic E-state index is 10.8. The van der Waals surface area contributed by atoms with Crippen LogP contribution in [0.25, 0.3) is 0 Å². The molecular formula is C15H14ClN3O4S. The van der Waals surface area contributed by atoms with E-state index in [4.69, 9.17) is 33.3 Å². The molecule has 2 aromatic carbocycles. The second-order valence-electron chi connectivity index (χ2n) is 4.57. The van der Waals surface area contributed by atoms with Gasteiger partial charge in [0, 0.05) is 18.2 Å². The Morgan fingerprint density at radius 3 is 2.46 bits per heavy atom. The third-order valence-corrected chi connectivity index (χ3v) is 3.60. The number of nitro benzene ring substituents is 1. The lowest BCUT2D eigenvalue weighted by Gasteiger charge is -2.15. The average molecular weight is 368 g/mol. The van der Waals surface area contributed by atoms with E-state index in [0.717, 1.165) is 0 Å². The number of halogens is 1. The third kappa shape index (κ3) is 4.24. The highest BCUT2D eigenvalue weighted by molar-refractivity contribution is 7.80. The summed E-state index contributed by atoms with van der Waals surface area (Å²) in [7, 11) is 3.08. The van der Waals surface area contributed by atoms with E-state index in [2.05, 4.69) is 10.6 Å². The highest BCUT2D eigenvalue weighted by atomic mass is 35.5. The summed E-state index contributed by atoms with van der Waals surface area (Å²) in [5.41, 5.74) is 0.847. The number of nitrogens with zero attached hydrogens (tertiary/aromatic N) is 1. The molecule has 0 fully saturated rings. The molecule has 0 spiro atoms. The fourth-order valence-corrected chi connectivity index (χ4v) is 2.28. The van der Waals surface area contributed by atoms with E-state index in [1.165, 1.54) is 25.3 Å². The van der Waals surface area contributed by atoms with Gasteiger partial charge in [0.05, 0.1) is 35.5 Å². The Morgan fingerprint density at radius 2 is 1.83 bits per heavy atom. The van der Waals surface area contributed by atoms with Crippen LogP contribution < -0.4 is 20.1 Å². The Hall–Kier alpha value is -2.58. The van der Waals surface area contributed by atoms with Crippen molar-refractivity contribution in [2.45, 2.75) is 0 Å². The first-order chi connectivity index (χ1) is 11.4. The summed E-state index contributed by atoms with van der Waals surface area (Å²) in [6.45, 7) is 0. The summed E-state index contributed by atoms with van der Waals surface area (Å²) < 4.78 is 10.4. The number of ether oxygens (including phenoxy) is 2. The molecule has 0 radical (unpaired) electrons. The SMILES string of the molecule is COc1ccc(NC(=S)Nc2cc([N+](=O)[O-])ccc2Cl)c(OC)c1. The molecule has 0 heterocycles. The summed E-state index contributed by atoms with van der Waals surface area (Å²) >= 11 is 11.3. The zero-order valence-corrected chi connectivity index (χ0v) is 14.4. The van der Waals surface area contributed by atoms with Crippen molar-refractivity contribution in [3.05, 3.63) is 51.5 Å². The number of anilines is 2. The van der Waals surface area contributed by atoms with Crippen molar-refractivity contribution in [1.29, 1.82) is 0 Å². The Bertz CT molecular complexity index is 785. The van der Waals surface area contributed by atoms with Crippen LogP contribution >= 0.6 is 23.8 Å². The van der Waals surface area contributed by atoms with Gasteiger partial charge in [-0.15, -0.1) is 0 Å². The lowest BCUT2D eigenvalue weighted by Crippen LogP contribution is -2.19. The van der Waals surface area contributed by atoms with Crippen LogP contribution in [-0.4, -0.2) is 24.3 Å². The maximum absolute atomic E-state index is 10.8. The molecule has 126 valence electrons. The first-order valence-corrected chi connectivity index (χ1v) is 7.47. The minimum atomic E-state index is -0.509. The molecule has 2 N–H and O–H groups in total. The van der Waals surface area contributed by atoms with Crippen LogP contribution in [0.1, 0.15) is 0 Å². The molecule has 2 rings (SSSR count). The lowest BCUT2D eigenvalue weighted by atomic mass is 10.2. The smallest absolute Gasteiger partial charge is 0.271 e. The number of nitro groups is 1. The molecule has 0 saturated carbocycles. The van der Waals surface area contributed by atoms with Crippen molar-refractivity contribution < 1.29 is 14.4 Å². The summed E-state index contributed by atoms with van der Waals surface area (Å²) in [6.07, 6.45) is 0. The average Bonchev–Trinajstić information content (AvgIpc) is 2.56. The number of rotatable bonds is 5. The summed E-state index contributed by atoms with van der Waals surface area (Å²) in [5, 5.41) is 17.1. The van der Waals surface area contributed by atoms with Crippen molar-refractivity contribution in [2.24, 2.45) is 0 Å². The summed E-state index contributed by atoms with van der Waals surface area (Å²) in [5.74, 6) is 1.17. The van der Waals surface area contributed by atoms with Crippen LogP contribution in [0.4, 0.5) is 17.1 Å². The molecule has 0 aliphatic carbocycles. The summed E-state index contributed by atoms with van der Waals surface area (Å²) in [6, 6.07) is 9.23. The van der Waals surface area contributed by atoms with Crippen molar-refractivity contribution in [3.8, 4) is 11.5 Å². The van der Waals surface area contributed by atoms with Gasteiger partial charge in [-0.25, -0.2) is 0 Å². The molecule has 9 heteroatoms. The van der Waals surface area contributed by atoms with E-state index in [0.29, 0.717) is 27.9 Å². The Balaban J connectivity index is 2.17. The van der Waals surface area contributed by atoms with Gasteiger partial charge in [-0.1, -0.05) is 11.6 Å². The highest BCUT2D eigenvalue weighted by Crippen LogP contribution is 2.30. The molecule has 0 aliphatic rings. The van der Waals surface area contributed by atoms with Gasteiger partial charge in [0.25, 0.3) is 5.69 Å². The predicted octanol–water partition coefficient (Wildman–Crippen LogP) is 4.07. The fourth-order valence-electron chi connectivity index (χ4n) is 1.90. The van der Waals surface area contributed by atoms with Gasteiger partial charge >= 0.3 is 0 Å².